The zero-order valence-electron chi connectivity index (χ0n) is 29.3. The minimum absolute atomic E-state index is 0. The Morgan fingerprint density at radius 2 is 1.42 bits per heavy atom. The third kappa shape index (κ3) is 7.72. The molecular formula is C42H47IrN2O3-. The Hall–Kier alpha value is -3.86. The summed E-state index contributed by atoms with van der Waals surface area (Å²) in [7, 11) is 0. The van der Waals surface area contributed by atoms with Gasteiger partial charge in [0.2, 0.25) is 0 Å². The van der Waals surface area contributed by atoms with Gasteiger partial charge in [0, 0.05) is 60.4 Å². The Kier molecular flexibility index (Phi) is 12.3. The summed E-state index contributed by atoms with van der Waals surface area (Å²) in [5.74, 6) is 2.17. The Morgan fingerprint density at radius 1 is 0.792 bits per heavy atom. The van der Waals surface area contributed by atoms with E-state index >= 15 is 0 Å². The number of furan rings is 1. The first kappa shape index (κ1) is 37.0. The quantitative estimate of drug-likeness (QED) is 0.0893. The number of ketones is 1. The number of nitrogens with zero attached hydrogens (tertiary/aromatic N) is 2. The van der Waals surface area contributed by atoms with E-state index in [2.05, 4.69) is 96.1 Å². The molecule has 4 aromatic carbocycles. The molecule has 2 aromatic heterocycles. The van der Waals surface area contributed by atoms with Crippen molar-refractivity contribution < 1.29 is 34.4 Å². The van der Waals surface area contributed by atoms with Crippen molar-refractivity contribution in [2.75, 3.05) is 0 Å². The van der Waals surface area contributed by atoms with Crippen LogP contribution in [0.15, 0.2) is 89.0 Å². The van der Waals surface area contributed by atoms with Gasteiger partial charge in [-0.3, -0.25) is 9.78 Å². The molecule has 0 aliphatic rings. The molecule has 2 atom stereocenters. The average Bonchev–Trinajstić information content (AvgIpc) is 3.44. The maximum atomic E-state index is 12.0. The maximum absolute atomic E-state index is 12.0. The van der Waals surface area contributed by atoms with E-state index in [9.17, 15) is 9.90 Å². The summed E-state index contributed by atoms with van der Waals surface area (Å²) in [6.07, 6.45) is 3.16. The van der Waals surface area contributed by atoms with Crippen molar-refractivity contribution in [3.05, 3.63) is 96.5 Å². The minimum Gasteiger partial charge on any atom is -0.512 e. The molecule has 6 heteroatoms. The molecule has 2 unspecified atom stereocenters. The minimum atomic E-state index is 0. The summed E-state index contributed by atoms with van der Waals surface area (Å²) >= 11 is 0. The van der Waals surface area contributed by atoms with Crippen LogP contribution in [0.3, 0.4) is 0 Å². The molecule has 5 nitrogen and oxygen atoms in total. The van der Waals surface area contributed by atoms with Crippen LogP contribution in [-0.2, 0) is 24.9 Å². The topological polar surface area (TPSA) is 76.2 Å². The van der Waals surface area contributed by atoms with E-state index in [0.29, 0.717) is 11.8 Å². The fourth-order valence-electron chi connectivity index (χ4n) is 6.48. The third-order valence-electron chi connectivity index (χ3n) is 9.20. The number of carbonyl (C=O) groups is 1. The second-order valence-electron chi connectivity index (χ2n) is 13.5. The first-order chi connectivity index (χ1) is 22.5. The molecule has 0 fully saturated rings. The van der Waals surface area contributed by atoms with E-state index in [1.165, 1.54) is 6.08 Å². The van der Waals surface area contributed by atoms with Crippen LogP contribution in [-0.4, -0.2) is 20.9 Å². The molecule has 48 heavy (non-hydrogen) atoms. The van der Waals surface area contributed by atoms with Crippen LogP contribution in [0.4, 0.5) is 0 Å². The van der Waals surface area contributed by atoms with Gasteiger partial charge in [-0.2, -0.15) is 0 Å². The fraction of sp³-hybridized carbons (Fsp3) is 0.357. The van der Waals surface area contributed by atoms with E-state index < -0.39 is 0 Å². The molecule has 1 radical (unpaired) electrons. The molecule has 0 saturated carbocycles. The zero-order chi connectivity index (χ0) is 33.8. The summed E-state index contributed by atoms with van der Waals surface area (Å²) in [6.45, 7) is 16.5. The van der Waals surface area contributed by atoms with Gasteiger partial charge in [-0.1, -0.05) is 115 Å². The van der Waals surface area contributed by atoms with E-state index in [1.54, 1.807) is 0 Å². The Labute approximate surface area is 298 Å². The molecule has 6 rings (SSSR count). The standard InChI is InChI=1S/C27H19N2O.C15H28O2.Ir/c1-16(2)27-28-23(20-12-11-17-7-3-4-9-19(17)15-20)26-24(29-27)22-14-13-18-8-5-6-10-21(18)25(22)30-26;1-7-12(10(3)4)14(16)9-15(17)13(8-2)11(5)6;/h3-11,13-16H,1-2H3;9-13,16H,7-8H2,1-6H3;/q-1;;/b;14-9-;. The molecule has 0 bridgehead atoms. The van der Waals surface area contributed by atoms with E-state index in [4.69, 9.17) is 14.4 Å². The SMILES string of the molecule is CC(C)c1nc(-c2[c-]cc3ccccc3c2)c2oc3c4ccccc4ccc3c2n1.CCC(C(=O)/C=C(\O)C(CC)C(C)C)C(C)C.[Ir]. The summed E-state index contributed by atoms with van der Waals surface area (Å²) in [6, 6.07) is 28.4. The van der Waals surface area contributed by atoms with Crippen LogP contribution >= 0.6 is 0 Å². The fourth-order valence-corrected chi connectivity index (χ4v) is 6.48. The van der Waals surface area contributed by atoms with Crippen molar-refractivity contribution in [3.63, 3.8) is 0 Å². The molecule has 253 valence electrons. The molecule has 6 aromatic rings. The van der Waals surface area contributed by atoms with Gasteiger partial charge in [0.1, 0.15) is 22.5 Å². The number of aliphatic hydroxyl groups excluding tert-OH is 1. The van der Waals surface area contributed by atoms with Crippen molar-refractivity contribution in [2.45, 2.75) is 74.1 Å². The summed E-state index contributed by atoms with van der Waals surface area (Å²) < 4.78 is 6.45. The number of hydrogen-bond acceptors (Lipinski definition) is 5. The average molecular weight is 820 g/mol. The first-order valence-electron chi connectivity index (χ1n) is 17.0. The molecule has 1 N–H and O–H groups in total. The van der Waals surface area contributed by atoms with Gasteiger partial charge >= 0.3 is 0 Å². The van der Waals surface area contributed by atoms with Crippen molar-refractivity contribution >= 4 is 49.4 Å². The summed E-state index contributed by atoms with van der Waals surface area (Å²) in [5, 5.41) is 15.6. The van der Waals surface area contributed by atoms with Crippen molar-refractivity contribution in [1.29, 1.82) is 0 Å². The molecule has 0 saturated heterocycles. The Bertz CT molecular complexity index is 2060. The normalized spacial score (nSPS) is 13.3. The van der Waals surface area contributed by atoms with Crippen LogP contribution in [0.1, 0.15) is 80.0 Å². The largest absolute Gasteiger partial charge is 0.512 e. The second kappa shape index (κ2) is 16.0. The molecule has 0 amide bonds. The zero-order valence-corrected chi connectivity index (χ0v) is 31.7. The van der Waals surface area contributed by atoms with Crippen LogP contribution in [0.25, 0.3) is 54.9 Å². The van der Waals surface area contributed by atoms with Gasteiger partial charge in [0.05, 0.1) is 5.76 Å². The number of benzene rings is 4. The summed E-state index contributed by atoms with van der Waals surface area (Å²) in [5.41, 5.74) is 4.17. The molecule has 0 aliphatic heterocycles. The van der Waals surface area contributed by atoms with Crippen LogP contribution in [0, 0.1) is 29.7 Å². The number of aromatic nitrogens is 2. The van der Waals surface area contributed by atoms with Gasteiger partial charge in [-0.25, -0.2) is 4.98 Å². The van der Waals surface area contributed by atoms with E-state index in [-0.39, 0.29) is 49.4 Å². The Balaban J connectivity index is 0.000000251. The number of carbonyl (C=O) groups excluding carboxylic acids is 1. The van der Waals surface area contributed by atoms with Gasteiger partial charge in [0.25, 0.3) is 0 Å². The summed E-state index contributed by atoms with van der Waals surface area (Å²) in [4.78, 5) is 21.8. The monoisotopic (exact) mass is 820 g/mol. The Morgan fingerprint density at radius 3 is 2.04 bits per heavy atom. The predicted molar refractivity (Wildman–Crippen MR) is 196 cm³/mol. The number of fused-ring (bicyclic) bond motifs is 6. The van der Waals surface area contributed by atoms with Crippen LogP contribution < -0.4 is 0 Å². The second-order valence-corrected chi connectivity index (χ2v) is 13.5. The molecular weight excluding hydrogens is 773 g/mol. The van der Waals surface area contributed by atoms with Crippen molar-refractivity contribution in [1.82, 2.24) is 9.97 Å². The smallest absolute Gasteiger partial charge is 0.162 e. The number of rotatable bonds is 9. The van der Waals surface area contributed by atoms with Crippen LogP contribution in [0.2, 0.25) is 0 Å². The van der Waals surface area contributed by atoms with Gasteiger partial charge in [-0.05, 0) is 36.1 Å². The predicted octanol–water partition coefficient (Wildman–Crippen LogP) is 11.6. The van der Waals surface area contributed by atoms with Crippen LogP contribution in [0.5, 0.6) is 0 Å². The van der Waals surface area contributed by atoms with E-state index in [1.807, 2.05) is 38.1 Å². The third-order valence-corrected chi connectivity index (χ3v) is 9.20. The van der Waals surface area contributed by atoms with Gasteiger partial charge < -0.3 is 9.52 Å². The number of hydrogen-bond donors (Lipinski definition) is 1. The van der Waals surface area contributed by atoms with Gasteiger partial charge in [-0.15, -0.1) is 29.1 Å². The maximum Gasteiger partial charge on any atom is 0.162 e. The number of aliphatic hydroxyl groups is 1. The van der Waals surface area contributed by atoms with E-state index in [0.717, 1.165) is 73.5 Å². The molecule has 0 aliphatic carbocycles. The number of allylic oxidation sites excluding steroid dienone is 2. The first-order valence-corrected chi connectivity index (χ1v) is 17.0. The molecule has 2 heterocycles. The van der Waals surface area contributed by atoms with Gasteiger partial charge in [0.15, 0.2) is 5.78 Å². The molecule has 0 spiro atoms. The van der Waals surface area contributed by atoms with Crippen molar-refractivity contribution in [2.24, 2.45) is 23.7 Å². The van der Waals surface area contributed by atoms with Crippen molar-refractivity contribution in [3.8, 4) is 11.3 Å².